The lowest BCUT2D eigenvalue weighted by molar-refractivity contribution is 0.0977. The van der Waals surface area contributed by atoms with E-state index in [-0.39, 0.29) is 5.91 Å². The molecule has 2 N–H and O–H groups in total. The van der Waals surface area contributed by atoms with Crippen LogP contribution in [0.5, 0.6) is 0 Å². The maximum atomic E-state index is 12.9. The van der Waals surface area contributed by atoms with Gasteiger partial charge in [-0.2, -0.15) is 5.10 Å². The topological polar surface area (TPSA) is 64.2 Å². The number of anilines is 2. The van der Waals surface area contributed by atoms with E-state index in [0.717, 1.165) is 22.0 Å². The molecule has 0 saturated heterocycles. The van der Waals surface area contributed by atoms with E-state index in [1.54, 1.807) is 16.4 Å². The molecule has 110 valence electrons. The summed E-state index contributed by atoms with van der Waals surface area (Å²) >= 11 is 1.76. The van der Waals surface area contributed by atoms with Crippen molar-refractivity contribution in [1.29, 1.82) is 0 Å². The molecular formula is C15H18N4OS. The van der Waals surface area contributed by atoms with Crippen molar-refractivity contribution < 1.29 is 4.79 Å². The number of carbonyl (C=O) groups excluding carboxylic acids is 1. The summed E-state index contributed by atoms with van der Waals surface area (Å²) in [5, 5.41) is 4.36. The van der Waals surface area contributed by atoms with E-state index < -0.39 is 0 Å². The van der Waals surface area contributed by atoms with Gasteiger partial charge in [0.2, 0.25) is 0 Å². The number of thioether (sulfide) groups is 1. The van der Waals surface area contributed by atoms with Crippen LogP contribution in [0.25, 0.3) is 0 Å². The van der Waals surface area contributed by atoms with Crippen LogP contribution in [0.3, 0.4) is 0 Å². The maximum absolute atomic E-state index is 12.9. The Morgan fingerprint density at radius 3 is 3.00 bits per heavy atom. The number of amides is 1. The molecule has 1 aliphatic heterocycles. The minimum atomic E-state index is -0.00963. The largest absolute Gasteiger partial charge is 0.399 e. The summed E-state index contributed by atoms with van der Waals surface area (Å²) in [6.07, 6.45) is 0. The van der Waals surface area contributed by atoms with Gasteiger partial charge in [0, 0.05) is 29.4 Å². The number of nitrogen functional groups attached to an aromatic ring is 1. The second-order valence-corrected chi connectivity index (χ2v) is 6.16. The molecule has 2 aromatic rings. The lowest BCUT2D eigenvalue weighted by atomic mass is 10.2. The normalized spacial score (nSPS) is 14.1. The summed E-state index contributed by atoms with van der Waals surface area (Å²) in [5.41, 5.74) is 8.95. The summed E-state index contributed by atoms with van der Waals surface area (Å²) in [7, 11) is 0. The first-order valence-corrected chi connectivity index (χ1v) is 7.97. The Morgan fingerprint density at radius 1 is 1.43 bits per heavy atom. The van der Waals surface area contributed by atoms with E-state index in [1.165, 1.54) is 0 Å². The first kappa shape index (κ1) is 14.0. The van der Waals surface area contributed by atoms with Crippen LogP contribution in [0.2, 0.25) is 0 Å². The molecule has 3 rings (SSSR count). The van der Waals surface area contributed by atoms with Crippen molar-refractivity contribution in [2.45, 2.75) is 25.3 Å². The van der Waals surface area contributed by atoms with Crippen molar-refractivity contribution in [1.82, 2.24) is 9.78 Å². The van der Waals surface area contributed by atoms with Gasteiger partial charge in [0.15, 0.2) is 0 Å². The molecule has 2 heterocycles. The molecule has 1 amide bonds. The molecule has 0 atom stereocenters. The first-order chi connectivity index (χ1) is 10.1. The van der Waals surface area contributed by atoms with E-state index in [4.69, 9.17) is 5.73 Å². The van der Waals surface area contributed by atoms with Gasteiger partial charge in [-0.05, 0) is 38.1 Å². The van der Waals surface area contributed by atoms with Crippen molar-refractivity contribution in [3.63, 3.8) is 0 Å². The number of aromatic nitrogens is 2. The molecule has 0 fully saturated rings. The zero-order valence-corrected chi connectivity index (χ0v) is 13.0. The Bertz CT molecular complexity index is 695. The number of hydrogen-bond donors (Lipinski definition) is 1. The SMILES string of the molecule is CCn1nc(C)cc1C(=O)N1CCSc2ccc(N)cc21. The summed E-state index contributed by atoms with van der Waals surface area (Å²) in [6, 6.07) is 7.58. The Kier molecular flexibility index (Phi) is 3.63. The van der Waals surface area contributed by atoms with Gasteiger partial charge in [-0.15, -0.1) is 11.8 Å². The summed E-state index contributed by atoms with van der Waals surface area (Å²) < 4.78 is 1.76. The van der Waals surface area contributed by atoms with Crippen molar-refractivity contribution in [2.75, 3.05) is 22.9 Å². The summed E-state index contributed by atoms with van der Waals surface area (Å²) in [5.74, 6) is 0.881. The van der Waals surface area contributed by atoms with Crippen molar-refractivity contribution in [3.05, 3.63) is 35.7 Å². The standard InChI is InChI=1S/C15H18N4OS/c1-3-19-13(8-10(2)17-19)15(20)18-6-7-21-14-5-4-11(16)9-12(14)18/h4-5,8-9H,3,6-7,16H2,1-2H3. The molecular weight excluding hydrogens is 284 g/mol. The second kappa shape index (κ2) is 5.44. The molecule has 0 unspecified atom stereocenters. The number of hydrogen-bond acceptors (Lipinski definition) is 4. The van der Waals surface area contributed by atoms with E-state index >= 15 is 0 Å². The molecule has 21 heavy (non-hydrogen) atoms. The highest BCUT2D eigenvalue weighted by Gasteiger charge is 2.26. The Labute approximate surface area is 128 Å². The zero-order valence-electron chi connectivity index (χ0n) is 12.2. The quantitative estimate of drug-likeness (QED) is 0.866. The average Bonchev–Trinajstić information content (AvgIpc) is 2.87. The zero-order chi connectivity index (χ0) is 15.0. The van der Waals surface area contributed by atoms with Gasteiger partial charge >= 0.3 is 0 Å². The Hall–Kier alpha value is -1.95. The fourth-order valence-electron chi connectivity index (χ4n) is 2.54. The van der Waals surface area contributed by atoms with Crippen molar-refractivity contribution in [2.24, 2.45) is 0 Å². The lowest BCUT2D eigenvalue weighted by Gasteiger charge is -2.29. The predicted molar refractivity (Wildman–Crippen MR) is 85.9 cm³/mol. The molecule has 1 aromatic carbocycles. The van der Waals surface area contributed by atoms with Crippen LogP contribution < -0.4 is 10.6 Å². The molecule has 0 radical (unpaired) electrons. The molecule has 5 nitrogen and oxygen atoms in total. The van der Waals surface area contributed by atoms with Crippen LogP contribution in [0.1, 0.15) is 23.1 Å². The third-order valence-corrected chi connectivity index (χ3v) is 4.56. The first-order valence-electron chi connectivity index (χ1n) is 6.98. The van der Waals surface area contributed by atoms with Crippen LogP contribution in [0.15, 0.2) is 29.2 Å². The van der Waals surface area contributed by atoms with Crippen molar-refractivity contribution >= 4 is 29.0 Å². The molecule has 1 aliphatic rings. The van der Waals surface area contributed by atoms with Gasteiger partial charge in [0.1, 0.15) is 5.69 Å². The number of benzene rings is 1. The maximum Gasteiger partial charge on any atom is 0.276 e. The molecule has 6 heteroatoms. The minimum Gasteiger partial charge on any atom is -0.399 e. The third-order valence-electron chi connectivity index (χ3n) is 3.51. The Morgan fingerprint density at radius 2 is 2.24 bits per heavy atom. The van der Waals surface area contributed by atoms with E-state index in [1.807, 2.05) is 43.0 Å². The third kappa shape index (κ3) is 2.51. The van der Waals surface area contributed by atoms with E-state index in [9.17, 15) is 4.79 Å². The monoisotopic (exact) mass is 302 g/mol. The van der Waals surface area contributed by atoms with Crippen LogP contribution >= 0.6 is 11.8 Å². The van der Waals surface area contributed by atoms with Gasteiger partial charge in [-0.3, -0.25) is 9.48 Å². The fraction of sp³-hybridized carbons (Fsp3) is 0.333. The lowest BCUT2D eigenvalue weighted by Crippen LogP contribution is -2.36. The number of aryl methyl sites for hydroxylation is 2. The van der Waals surface area contributed by atoms with Crippen LogP contribution in [0, 0.1) is 6.92 Å². The van der Waals surface area contributed by atoms with Gasteiger partial charge in [-0.1, -0.05) is 0 Å². The van der Waals surface area contributed by atoms with Crippen LogP contribution in [0.4, 0.5) is 11.4 Å². The van der Waals surface area contributed by atoms with Crippen molar-refractivity contribution in [3.8, 4) is 0 Å². The van der Waals surface area contributed by atoms with Gasteiger partial charge in [0.05, 0.1) is 11.4 Å². The number of nitrogens with zero attached hydrogens (tertiary/aromatic N) is 3. The highest BCUT2D eigenvalue weighted by molar-refractivity contribution is 7.99. The van der Waals surface area contributed by atoms with Gasteiger partial charge in [0.25, 0.3) is 5.91 Å². The second-order valence-electron chi connectivity index (χ2n) is 5.02. The Balaban J connectivity index is 2.02. The molecule has 0 saturated carbocycles. The highest BCUT2D eigenvalue weighted by Crippen LogP contribution is 2.36. The average molecular weight is 302 g/mol. The molecule has 0 spiro atoms. The molecule has 1 aromatic heterocycles. The van der Waals surface area contributed by atoms with E-state index in [0.29, 0.717) is 24.5 Å². The molecule has 0 bridgehead atoms. The number of nitrogens with two attached hydrogens (primary N) is 1. The van der Waals surface area contributed by atoms with Gasteiger partial charge < -0.3 is 10.6 Å². The number of rotatable bonds is 2. The molecule has 0 aliphatic carbocycles. The fourth-order valence-corrected chi connectivity index (χ4v) is 3.52. The summed E-state index contributed by atoms with van der Waals surface area (Å²) in [6.45, 7) is 5.26. The predicted octanol–water partition coefficient (Wildman–Crippen LogP) is 2.55. The number of carbonyl (C=O) groups is 1. The number of fused-ring (bicyclic) bond motifs is 1. The van der Waals surface area contributed by atoms with Gasteiger partial charge in [-0.25, -0.2) is 0 Å². The van der Waals surface area contributed by atoms with Crippen LogP contribution in [-0.2, 0) is 6.54 Å². The minimum absolute atomic E-state index is 0.00963. The van der Waals surface area contributed by atoms with E-state index in [2.05, 4.69) is 5.10 Å². The summed E-state index contributed by atoms with van der Waals surface area (Å²) in [4.78, 5) is 15.8. The highest BCUT2D eigenvalue weighted by atomic mass is 32.2. The van der Waals surface area contributed by atoms with Crippen LogP contribution in [-0.4, -0.2) is 28.0 Å². The smallest absolute Gasteiger partial charge is 0.276 e.